The van der Waals surface area contributed by atoms with E-state index in [2.05, 4.69) is 63.8 Å². The van der Waals surface area contributed by atoms with E-state index in [1.165, 1.54) is 17.5 Å². The van der Waals surface area contributed by atoms with Gasteiger partial charge in [0.15, 0.2) is 5.65 Å². The molecule has 5 rings (SSSR count). The zero-order valence-corrected chi connectivity index (χ0v) is 16.3. The number of nitrogens with zero attached hydrogens (tertiary/aromatic N) is 4. The van der Waals surface area contributed by atoms with Crippen LogP contribution in [0.1, 0.15) is 12.8 Å². The van der Waals surface area contributed by atoms with Gasteiger partial charge in [-0.15, -0.1) is 0 Å². The third-order valence-electron chi connectivity index (χ3n) is 5.71. The highest BCUT2D eigenvalue weighted by molar-refractivity contribution is 5.98. The zero-order chi connectivity index (χ0) is 19.6. The molecule has 146 valence electrons. The highest BCUT2D eigenvalue weighted by atomic mass is 15.3. The molecule has 1 saturated heterocycles. The molecule has 2 aromatic carbocycles. The first-order valence-corrected chi connectivity index (χ1v) is 10.1. The van der Waals surface area contributed by atoms with Gasteiger partial charge in [-0.2, -0.15) is 5.10 Å². The number of benzene rings is 2. The van der Waals surface area contributed by atoms with Gasteiger partial charge in [0.1, 0.15) is 17.8 Å². The second kappa shape index (κ2) is 7.64. The number of nitrogens with one attached hydrogen (secondary N) is 1. The smallest absolute Gasteiger partial charge is 0.163 e. The highest BCUT2D eigenvalue weighted by Crippen LogP contribution is 2.32. The number of aromatic nitrogens is 4. The number of anilines is 1. The molecule has 0 bridgehead atoms. The second-order valence-corrected chi connectivity index (χ2v) is 7.62. The Balaban J connectivity index is 1.54. The summed E-state index contributed by atoms with van der Waals surface area (Å²) in [5, 5.41) is 9.19. The molecule has 0 unspecified atom stereocenters. The Morgan fingerprint density at radius 1 is 0.897 bits per heavy atom. The van der Waals surface area contributed by atoms with Crippen molar-refractivity contribution in [1.82, 2.24) is 25.1 Å². The summed E-state index contributed by atoms with van der Waals surface area (Å²) in [4.78, 5) is 8.73. The minimum atomic E-state index is 0.480. The summed E-state index contributed by atoms with van der Waals surface area (Å²) in [5.74, 6) is 1.08. The number of nitrogen functional groups attached to an aromatic ring is 1. The number of fused-ring (bicyclic) bond motifs is 1. The van der Waals surface area contributed by atoms with Crippen LogP contribution in [-0.2, 0) is 6.54 Å². The predicted molar refractivity (Wildman–Crippen MR) is 116 cm³/mol. The van der Waals surface area contributed by atoms with Crippen molar-refractivity contribution < 1.29 is 0 Å². The first-order chi connectivity index (χ1) is 14.3. The quantitative estimate of drug-likeness (QED) is 0.560. The Labute approximate surface area is 169 Å². The van der Waals surface area contributed by atoms with Crippen LogP contribution in [0.4, 0.5) is 5.82 Å². The maximum absolute atomic E-state index is 6.25. The lowest BCUT2D eigenvalue weighted by Crippen LogP contribution is -2.30. The SMILES string of the molecule is Nc1ncnc2c1c(-c1ccc(-c3ccccc3)cc1)nn2CC1CCNCC1. The van der Waals surface area contributed by atoms with Gasteiger partial charge in [0.25, 0.3) is 0 Å². The van der Waals surface area contributed by atoms with Crippen molar-refractivity contribution in [2.45, 2.75) is 19.4 Å². The standard InChI is InChI=1S/C23H24N6/c24-22-20-21(19-8-6-18(7-9-19)17-4-2-1-3-5-17)28-29(23(20)27-15-26-22)14-16-10-12-25-13-11-16/h1-9,15-16,25H,10-14H2,(H2,24,26,27). The molecule has 0 amide bonds. The van der Waals surface area contributed by atoms with E-state index in [9.17, 15) is 0 Å². The highest BCUT2D eigenvalue weighted by Gasteiger charge is 2.20. The zero-order valence-electron chi connectivity index (χ0n) is 16.3. The molecule has 0 atom stereocenters. The van der Waals surface area contributed by atoms with Crippen molar-refractivity contribution in [3.05, 3.63) is 60.9 Å². The van der Waals surface area contributed by atoms with Crippen molar-refractivity contribution >= 4 is 16.9 Å². The summed E-state index contributed by atoms with van der Waals surface area (Å²) in [6.07, 6.45) is 3.84. The second-order valence-electron chi connectivity index (χ2n) is 7.62. The predicted octanol–water partition coefficient (Wildman–Crippen LogP) is 3.74. The molecule has 0 aliphatic carbocycles. The van der Waals surface area contributed by atoms with Crippen LogP contribution in [0, 0.1) is 5.92 Å². The van der Waals surface area contributed by atoms with Crippen LogP contribution in [-0.4, -0.2) is 32.8 Å². The van der Waals surface area contributed by atoms with E-state index in [1.807, 2.05) is 10.7 Å². The molecule has 3 heterocycles. The fourth-order valence-electron chi connectivity index (χ4n) is 4.12. The topological polar surface area (TPSA) is 81.7 Å². The van der Waals surface area contributed by atoms with Crippen LogP contribution < -0.4 is 11.1 Å². The van der Waals surface area contributed by atoms with Gasteiger partial charge < -0.3 is 11.1 Å². The Morgan fingerprint density at radius 2 is 1.59 bits per heavy atom. The van der Waals surface area contributed by atoms with Gasteiger partial charge in [-0.1, -0.05) is 54.6 Å². The molecule has 0 radical (unpaired) electrons. The van der Waals surface area contributed by atoms with Crippen LogP contribution in [0.25, 0.3) is 33.4 Å². The summed E-state index contributed by atoms with van der Waals surface area (Å²) in [6, 6.07) is 18.8. The van der Waals surface area contributed by atoms with E-state index in [0.29, 0.717) is 11.7 Å². The largest absolute Gasteiger partial charge is 0.383 e. The molecule has 0 saturated carbocycles. The maximum Gasteiger partial charge on any atom is 0.163 e. The third kappa shape index (κ3) is 3.47. The van der Waals surface area contributed by atoms with E-state index >= 15 is 0 Å². The molecule has 6 heteroatoms. The Morgan fingerprint density at radius 3 is 2.34 bits per heavy atom. The summed E-state index contributed by atoms with van der Waals surface area (Å²) >= 11 is 0. The first kappa shape index (κ1) is 17.8. The molecule has 6 nitrogen and oxygen atoms in total. The number of piperidine rings is 1. The number of rotatable bonds is 4. The lowest BCUT2D eigenvalue weighted by molar-refractivity contribution is 0.325. The Hall–Kier alpha value is -3.25. The summed E-state index contributed by atoms with van der Waals surface area (Å²) in [7, 11) is 0. The lowest BCUT2D eigenvalue weighted by atomic mass is 9.98. The first-order valence-electron chi connectivity index (χ1n) is 10.1. The Bertz CT molecular complexity index is 1110. The molecule has 29 heavy (non-hydrogen) atoms. The lowest BCUT2D eigenvalue weighted by Gasteiger charge is -2.22. The van der Waals surface area contributed by atoms with Gasteiger partial charge in [-0.3, -0.25) is 0 Å². The molecule has 1 fully saturated rings. The van der Waals surface area contributed by atoms with Gasteiger partial charge >= 0.3 is 0 Å². The molecule has 1 aliphatic heterocycles. The molecule has 4 aromatic rings. The van der Waals surface area contributed by atoms with E-state index in [1.54, 1.807) is 0 Å². The minimum absolute atomic E-state index is 0.480. The van der Waals surface area contributed by atoms with E-state index in [4.69, 9.17) is 10.8 Å². The molecule has 3 N–H and O–H groups in total. The van der Waals surface area contributed by atoms with Crippen molar-refractivity contribution in [3.8, 4) is 22.4 Å². The molecule has 1 aliphatic rings. The molecule has 0 spiro atoms. The normalized spacial score (nSPS) is 15.0. The third-order valence-corrected chi connectivity index (χ3v) is 5.71. The van der Waals surface area contributed by atoms with Crippen molar-refractivity contribution in [2.75, 3.05) is 18.8 Å². The van der Waals surface area contributed by atoms with Crippen LogP contribution >= 0.6 is 0 Å². The van der Waals surface area contributed by atoms with E-state index < -0.39 is 0 Å². The molecular weight excluding hydrogens is 360 g/mol. The van der Waals surface area contributed by atoms with Gasteiger partial charge in [0, 0.05) is 12.1 Å². The summed E-state index contributed by atoms with van der Waals surface area (Å²) in [6.45, 7) is 2.99. The Kier molecular flexibility index (Phi) is 4.69. The summed E-state index contributed by atoms with van der Waals surface area (Å²) < 4.78 is 2.02. The van der Waals surface area contributed by atoms with E-state index in [-0.39, 0.29) is 0 Å². The van der Waals surface area contributed by atoms with E-state index in [0.717, 1.165) is 54.8 Å². The van der Waals surface area contributed by atoms with Crippen molar-refractivity contribution in [1.29, 1.82) is 0 Å². The maximum atomic E-state index is 6.25. The fourth-order valence-corrected chi connectivity index (χ4v) is 4.12. The number of hydrogen-bond donors (Lipinski definition) is 2. The average molecular weight is 384 g/mol. The van der Waals surface area contributed by atoms with Crippen molar-refractivity contribution in [2.24, 2.45) is 5.92 Å². The van der Waals surface area contributed by atoms with Gasteiger partial charge in [0.05, 0.1) is 5.39 Å². The van der Waals surface area contributed by atoms with Gasteiger partial charge in [-0.25, -0.2) is 14.6 Å². The van der Waals surface area contributed by atoms with Gasteiger partial charge in [-0.05, 0) is 43.0 Å². The van der Waals surface area contributed by atoms with Crippen molar-refractivity contribution in [3.63, 3.8) is 0 Å². The minimum Gasteiger partial charge on any atom is -0.383 e. The fraction of sp³-hybridized carbons (Fsp3) is 0.261. The number of hydrogen-bond acceptors (Lipinski definition) is 5. The molecule has 2 aromatic heterocycles. The van der Waals surface area contributed by atoms with Crippen LogP contribution in [0.3, 0.4) is 0 Å². The summed E-state index contributed by atoms with van der Waals surface area (Å²) in [5.41, 5.74) is 11.3. The monoisotopic (exact) mass is 384 g/mol. The van der Waals surface area contributed by atoms with Crippen LogP contribution in [0.15, 0.2) is 60.9 Å². The van der Waals surface area contributed by atoms with Crippen LogP contribution in [0.5, 0.6) is 0 Å². The number of nitrogens with two attached hydrogens (primary N) is 1. The van der Waals surface area contributed by atoms with Crippen LogP contribution in [0.2, 0.25) is 0 Å². The molecular formula is C23H24N6. The van der Waals surface area contributed by atoms with Gasteiger partial charge in [0.2, 0.25) is 0 Å². The average Bonchev–Trinajstić information content (AvgIpc) is 3.15.